The monoisotopic (exact) mass is 284 g/mol. The molecule has 1 saturated carbocycles. The molecule has 106 valence electrons. The maximum Gasteiger partial charge on any atom is 0.242 e. The lowest BCUT2D eigenvalue weighted by atomic mass is 9.82. The molecule has 19 heavy (non-hydrogen) atoms. The van der Waals surface area contributed by atoms with E-state index in [2.05, 4.69) is 0 Å². The number of nitrogens with zero attached hydrogens (tertiary/aromatic N) is 1. The molecule has 5 nitrogen and oxygen atoms in total. The fraction of sp³-hybridized carbons (Fsp3) is 0.538. The van der Waals surface area contributed by atoms with Gasteiger partial charge in [0.15, 0.2) is 0 Å². The minimum atomic E-state index is -3.50. The number of aryl methyl sites for hydroxylation is 1. The van der Waals surface area contributed by atoms with Gasteiger partial charge in [0.05, 0.1) is 11.0 Å². The molecule has 3 N–H and O–H groups in total. The number of benzene rings is 1. The summed E-state index contributed by atoms with van der Waals surface area (Å²) in [4.78, 5) is 0.229. The van der Waals surface area contributed by atoms with E-state index >= 15 is 0 Å². The van der Waals surface area contributed by atoms with Gasteiger partial charge in [-0.25, -0.2) is 12.7 Å². The molecule has 1 aliphatic rings. The second-order valence-electron chi connectivity index (χ2n) is 5.36. The van der Waals surface area contributed by atoms with Crippen molar-refractivity contribution in [2.75, 3.05) is 19.3 Å². The molecule has 0 saturated heterocycles. The average molecular weight is 284 g/mol. The zero-order chi connectivity index (χ0) is 14.2. The van der Waals surface area contributed by atoms with E-state index in [0.29, 0.717) is 25.1 Å². The Morgan fingerprint density at radius 3 is 2.53 bits per heavy atom. The maximum atomic E-state index is 12.4. The number of anilines is 1. The van der Waals surface area contributed by atoms with Crippen LogP contribution in [0.1, 0.15) is 18.4 Å². The van der Waals surface area contributed by atoms with Crippen LogP contribution >= 0.6 is 0 Å². The molecule has 0 spiro atoms. The Morgan fingerprint density at radius 2 is 2.00 bits per heavy atom. The SMILES string of the molecule is Cc1cc(N)cc(S(=O)(=O)N(C)CC2CC(O)C2)c1. The molecule has 0 bridgehead atoms. The second kappa shape index (κ2) is 5.11. The summed E-state index contributed by atoms with van der Waals surface area (Å²) in [6, 6.07) is 4.84. The van der Waals surface area contributed by atoms with Gasteiger partial charge in [-0.15, -0.1) is 0 Å². The van der Waals surface area contributed by atoms with Crippen LogP contribution < -0.4 is 5.73 Å². The van der Waals surface area contributed by atoms with Crippen molar-refractivity contribution in [1.29, 1.82) is 0 Å². The zero-order valence-electron chi connectivity index (χ0n) is 11.2. The van der Waals surface area contributed by atoms with Gasteiger partial charge in [0.1, 0.15) is 0 Å². The summed E-state index contributed by atoms with van der Waals surface area (Å²) in [5.41, 5.74) is 6.97. The van der Waals surface area contributed by atoms with E-state index in [0.717, 1.165) is 5.56 Å². The first kappa shape index (κ1) is 14.3. The molecule has 6 heteroatoms. The van der Waals surface area contributed by atoms with Gasteiger partial charge < -0.3 is 10.8 Å². The molecule has 0 amide bonds. The van der Waals surface area contributed by atoms with E-state index < -0.39 is 10.0 Å². The molecular weight excluding hydrogens is 264 g/mol. The first-order chi connectivity index (χ1) is 8.79. The van der Waals surface area contributed by atoms with Crippen molar-refractivity contribution >= 4 is 15.7 Å². The molecule has 0 atom stereocenters. The van der Waals surface area contributed by atoms with Gasteiger partial charge in [0.25, 0.3) is 0 Å². The molecule has 1 aromatic rings. The highest BCUT2D eigenvalue weighted by molar-refractivity contribution is 7.89. The number of nitrogens with two attached hydrogens (primary N) is 1. The fourth-order valence-corrected chi connectivity index (χ4v) is 3.80. The number of rotatable bonds is 4. The van der Waals surface area contributed by atoms with Gasteiger partial charge >= 0.3 is 0 Å². The summed E-state index contributed by atoms with van der Waals surface area (Å²) in [6.45, 7) is 2.25. The highest BCUT2D eigenvalue weighted by Crippen LogP contribution is 2.29. The summed E-state index contributed by atoms with van der Waals surface area (Å²) >= 11 is 0. The second-order valence-corrected chi connectivity index (χ2v) is 7.40. The molecule has 0 heterocycles. The van der Waals surface area contributed by atoms with E-state index in [4.69, 9.17) is 5.73 Å². The van der Waals surface area contributed by atoms with Crippen LogP contribution in [0.2, 0.25) is 0 Å². The van der Waals surface area contributed by atoms with Crippen molar-refractivity contribution in [2.45, 2.75) is 30.8 Å². The van der Waals surface area contributed by atoms with Gasteiger partial charge in [-0.2, -0.15) is 0 Å². The topological polar surface area (TPSA) is 83.6 Å². The van der Waals surface area contributed by atoms with Crippen molar-refractivity contribution in [3.8, 4) is 0 Å². The minimum Gasteiger partial charge on any atom is -0.399 e. The Hall–Kier alpha value is -1.11. The Kier molecular flexibility index (Phi) is 3.85. The summed E-state index contributed by atoms with van der Waals surface area (Å²) < 4.78 is 26.1. The van der Waals surface area contributed by atoms with Gasteiger partial charge in [-0.1, -0.05) is 0 Å². The number of nitrogen functional groups attached to an aromatic ring is 1. The quantitative estimate of drug-likeness (QED) is 0.807. The highest BCUT2D eigenvalue weighted by Gasteiger charge is 2.31. The lowest BCUT2D eigenvalue weighted by molar-refractivity contribution is 0.0367. The van der Waals surface area contributed by atoms with Crippen LogP contribution in [0.4, 0.5) is 5.69 Å². The Morgan fingerprint density at radius 1 is 1.37 bits per heavy atom. The molecule has 0 radical (unpaired) electrons. The molecular formula is C13H20N2O3S. The van der Waals surface area contributed by atoms with E-state index in [1.165, 1.54) is 10.4 Å². The predicted molar refractivity (Wildman–Crippen MR) is 74.1 cm³/mol. The van der Waals surface area contributed by atoms with Crippen LogP contribution in [-0.2, 0) is 10.0 Å². The molecule has 1 fully saturated rings. The molecule has 1 aromatic carbocycles. The molecule has 0 aliphatic heterocycles. The zero-order valence-corrected chi connectivity index (χ0v) is 12.0. The van der Waals surface area contributed by atoms with E-state index in [-0.39, 0.29) is 16.9 Å². The van der Waals surface area contributed by atoms with Crippen molar-refractivity contribution in [3.63, 3.8) is 0 Å². The van der Waals surface area contributed by atoms with Crippen molar-refractivity contribution in [1.82, 2.24) is 4.31 Å². The van der Waals surface area contributed by atoms with Crippen LogP contribution in [-0.4, -0.2) is 37.5 Å². The van der Waals surface area contributed by atoms with E-state index in [1.54, 1.807) is 19.2 Å². The number of sulfonamides is 1. The number of hydrogen-bond acceptors (Lipinski definition) is 4. The average Bonchev–Trinajstić information content (AvgIpc) is 2.25. The van der Waals surface area contributed by atoms with Crippen LogP contribution in [0.15, 0.2) is 23.1 Å². The normalized spacial score (nSPS) is 23.4. The standard InChI is InChI=1S/C13H20N2O3S/c1-9-3-11(14)7-13(4-9)19(17,18)15(2)8-10-5-12(16)6-10/h3-4,7,10,12,16H,5-6,8,14H2,1-2H3. The van der Waals surface area contributed by atoms with Gasteiger partial charge in [0.2, 0.25) is 10.0 Å². The summed E-state index contributed by atoms with van der Waals surface area (Å²) in [5.74, 6) is 0.247. The first-order valence-corrected chi connectivity index (χ1v) is 7.74. The van der Waals surface area contributed by atoms with Crippen LogP contribution in [0.3, 0.4) is 0 Å². The van der Waals surface area contributed by atoms with Crippen LogP contribution in [0, 0.1) is 12.8 Å². The third-order valence-corrected chi connectivity index (χ3v) is 5.31. The van der Waals surface area contributed by atoms with Crippen LogP contribution in [0.25, 0.3) is 0 Å². The fourth-order valence-electron chi connectivity index (χ4n) is 2.42. The smallest absolute Gasteiger partial charge is 0.242 e. The molecule has 1 aliphatic carbocycles. The number of aliphatic hydroxyl groups excluding tert-OH is 1. The minimum absolute atomic E-state index is 0.229. The number of aliphatic hydroxyl groups is 1. The molecule has 0 aromatic heterocycles. The summed E-state index contributed by atoms with van der Waals surface area (Å²) in [5, 5.41) is 9.24. The van der Waals surface area contributed by atoms with E-state index in [1.807, 2.05) is 6.92 Å². The lowest BCUT2D eigenvalue weighted by Gasteiger charge is -2.34. The van der Waals surface area contributed by atoms with Crippen LogP contribution in [0.5, 0.6) is 0 Å². The third kappa shape index (κ3) is 3.08. The molecule has 2 rings (SSSR count). The van der Waals surface area contributed by atoms with Crippen molar-refractivity contribution < 1.29 is 13.5 Å². The first-order valence-electron chi connectivity index (χ1n) is 6.30. The molecule has 0 unspecified atom stereocenters. The highest BCUT2D eigenvalue weighted by atomic mass is 32.2. The Labute approximate surface area is 114 Å². The Bertz CT molecular complexity index is 545. The summed E-state index contributed by atoms with van der Waals surface area (Å²) in [7, 11) is -1.93. The summed E-state index contributed by atoms with van der Waals surface area (Å²) in [6.07, 6.45) is 1.08. The lowest BCUT2D eigenvalue weighted by Crippen LogP contribution is -2.39. The van der Waals surface area contributed by atoms with Crippen molar-refractivity contribution in [3.05, 3.63) is 23.8 Å². The third-order valence-electron chi connectivity index (χ3n) is 3.51. The predicted octanol–water partition coefficient (Wildman–Crippen LogP) is 0.969. The van der Waals surface area contributed by atoms with Crippen molar-refractivity contribution in [2.24, 2.45) is 5.92 Å². The van der Waals surface area contributed by atoms with E-state index in [9.17, 15) is 13.5 Å². The maximum absolute atomic E-state index is 12.4. The number of hydrogen-bond donors (Lipinski definition) is 2. The Balaban J connectivity index is 2.16. The van der Waals surface area contributed by atoms with Gasteiger partial charge in [-0.05, 0) is 49.4 Å². The largest absolute Gasteiger partial charge is 0.399 e. The van der Waals surface area contributed by atoms with Gasteiger partial charge in [0, 0.05) is 19.3 Å². The van der Waals surface area contributed by atoms with Gasteiger partial charge in [-0.3, -0.25) is 0 Å².